The Morgan fingerprint density at radius 2 is 1.26 bits per heavy atom. The van der Waals surface area contributed by atoms with Crippen molar-refractivity contribution in [3.05, 3.63) is 90.5 Å². The predicted octanol–water partition coefficient (Wildman–Crippen LogP) is 3.05. The maximum Gasteiger partial charge on any atom is 0.313 e. The van der Waals surface area contributed by atoms with E-state index < -0.39 is 15.9 Å². The van der Waals surface area contributed by atoms with Crippen LogP contribution in [0.25, 0.3) is 0 Å². The molecule has 0 aromatic heterocycles. The molecule has 4 heteroatoms. The smallest absolute Gasteiger partial charge is 0.313 e. The summed E-state index contributed by atoms with van der Waals surface area (Å²) in [7, 11) is -3.09. The zero-order valence-electron chi connectivity index (χ0n) is 12.5. The first-order chi connectivity index (χ1) is 11.2. The van der Waals surface area contributed by atoms with Gasteiger partial charge in [-0.05, 0) is 29.9 Å². The molecular formula is C19H16O2P2. The van der Waals surface area contributed by atoms with Crippen molar-refractivity contribution in [2.75, 3.05) is 0 Å². The van der Waals surface area contributed by atoms with Crippen LogP contribution in [-0.4, -0.2) is 0 Å². The van der Waals surface area contributed by atoms with Gasteiger partial charge in [-0.3, -0.25) is 0 Å². The highest BCUT2D eigenvalue weighted by atomic mass is 31.1. The van der Waals surface area contributed by atoms with Gasteiger partial charge in [0.1, 0.15) is 0 Å². The molecule has 1 unspecified atom stereocenters. The van der Waals surface area contributed by atoms with E-state index in [1.165, 1.54) is 15.9 Å². The van der Waals surface area contributed by atoms with Crippen LogP contribution in [0.1, 0.15) is 5.56 Å². The Morgan fingerprint density at radius 3 is 1.78 bits per heavy atom. The summed E-state index contributed by atoms with van der Waals surface area (Å²) in [5.74, 6) is 0. The van der Waals surface area contributed by atoms with E-state index in [4.69, 9.17) is 0 Å². The molecule has 0 heterocycles. The molecule has 3 rings (SSSR count). The second-order valence-corrected chi connectivity index (χ2v) is 8.37. The summed E-state index contributed by atoms with van der Waals surface area (Å²) in [4.78, 5) is 11.0. The van der Waals surface area contributed by atoms with E-state index >= 15 is 0 Å². The van der Waals surface area contributed by atoms with Gasteiger partial charge in [-0.2, -0.15) is 0 Å². The summed E-state index contributed by atoms with van der Waals surface area (Å²) in [5.41, 5.74) is 0.845. The van der Waals surface area contributed by atoms with Gasteiger partial charge in [0.25, 0.3) is 0 Å². The molecule has 3 aromatic rings. The van der Waals surface area contributed by atoms with Gasteiger partial charge in [0, 0.05) is 5.56 Å². The normalized spacial score (nSPS) is 11.5. The van der Waals surface area contributed by atoms with Crippen LogP contribution in [0.4, 0.5) is 0 Å². The maximum atomic E-state index is 11.0. The average Bonchev–Trinajstić information content (AvgIpc) is 2.57. The second-order valence-electron chi connectivity index (χ2n) is 5.17. The van der Waals surface area contributed by atoms with E-state index in [1.807, 2.05) is 54.6 Å². The first kappa shape index (κ1) is 16.0. The monoisotopic (exact) mass is 338 g/mol. The minimum absolute atomic E-state index is 0.0932. The summed E-state index contributed by atoms with van der Waals surface area (Å²) >= 11 is 0. The van der Waals surface area contributed by atoms with E-state index in [0.29, 0.717) is 0 Å². The van der Waals surface area contributed by atoms with Gasteiger partial charge in [-0.1, -0.05) is 83.4 Å². The molecule has 0 aliphatic heterocycles. The molecule has 0 saturated carbocycles. The summed E-state index contributed by atoms with van der Waals surface area (Å²) in [6.07, 6.45) is 0.0932. The van der Waals surface area contributed by atoms with Crippen LogP contribution in [0.5, 0.6) is 0 Å². The van der Waals surface area contributed by atoms with Gasteiger partial charge in [-0.15, -0.1) is 0 Å². The number of rotatable bonds is 5. The lowest BCUT2D eigenvalue weighted by molar-refractivity contribution is -0.164. The molecule has 0 spiro atoms. The van der Waals surface area contributed by atoms with Crippen molar-refractivity contribution in [1.29, 1.82) is 0 Å². The second kappa shape index (κ2) is 7.62. The molecule has 0 aliphatic rings. The van der Waals surface area contributed by atoms with E-state index in [0.717, 1.165) is 5.56 Å². The number of benzene rings is 3. The minimum atomic E-state index is -2.41. The Morgan fingerprint density at radius 1 is 0.739 bits per heavy atom. The van der Waals surface area contributed by atoms with Gasteiger partial charge < -0.3 is 4.89 Å². The molecule has 0 saturated heterocycles. The molecule has 3 aromatic carbocycles. The zero-order valence-corrected chi connectivity index (χ0v) is 14.3. The fraction of sp³-hybridized carbons (Fsp3) is 0.0526. The summed E-state index contributed by atoms with van der Waals surface area (Å²) in [6, 6.07) is 28.7. The van der Waals surface area contributed by atoms with E-state index in [-0.39, 0.29) is 6.16 Å². The van der Waals surface area contributed by atoms with Crippen molar-refractivity contribution in [3.8, 4) is 0 Å². The van der Waals surface area contributed by atoms with Crippen LogP contribution in [-0.2, 0) is 10.7 Å². The molecule has 0 N–H and O–H groups in total. The highest BCUT2D eigenvalue weighted by Gasteiger charge is 2.17. The lowest BCUT2D eigenvalue weighted by atomic mass is 10.2. The van der Waals surface area contributed by atoms with Crippen molar-refractivity contribution in [1.82, 2.24) is 0 Å². The van der Waals surface area contributed by atoms with Gasteiger partial charge in [0.2, 0.25) is 0 Å². The molecule has 2 nitrogen and oxygen atoms in total. The summed E-state index contributed by atoms with van der Waals surface area (Å²) in [6.45, 7) is 0. The van der Waals surface area contributed by atoms with Crippen LogP contribution >= 0.6 is 15.9 Å². The fourth-order valence-electron chi connectivity index (χ4n) is 2.54. The fourth-order valence-corrected chi connectivity index (χ4v) is 5.40. The number of hydrogen-bond donors (Lipinski definition) is 0. The highest BCUT2D eigenvalue weighted by molar-refractivity contribution is 7.79. The number of hydrogen-bond acceptors (Lipinski definition) is 2. The largest absolute Gasteiger partial charge is 0.595 e. The van der Waals surface area contributed by atoms with Crippen LogP contribution in [0.3, 0.4) is 0 Å². The first-order valence-corrected chi connectivity index (χ1v) is 10.1. The topological polar surface area (TPSA) is 40.1 Å². The van der Waals surface area contributed by atoms with E-state index in [1.54, 1.807) is 0 Å². The Bertz CT molecular complexity index is 749. The third kappa shape index (κ3) is 4.12. The van der Waals surface area contributed by atoms with Crippen molar-refractivity contribution in [2.45, 2.75) is 6.16 Å². The Kier molecular flexibility index (Phi) is 5.31. The van der Waals surface area contributed by atoms with Crippen LogP contribution < -0.4 is 20.8 Å². The third-order valence-corrected chi connectivity index (χ3v) is 6.56. The lowest BCUT2D eigenvalue weighted by Gasteiger charge is -2.19. The molecule has 0 bridgehead atoms. The van der Waals surface area contributed by atoms with E-state index in [2.05, 4.69) is 30.3 Å². The maximum absolute atomic E-state index is 11.0. The van der Waals surface area contributed by atoms with Crippen molar-refractivity contribution < 1.29 is 9.46 Å². The highest BCUT2D eigenvalue weighted by Crippen LogP contribution is 2.33. The zero-order chi connectivity index (χ0) is 16.1. The standard InChI is InChI=1S/C19H16O2P2/c20-22(21)15-16-8-7-13-19(14-16)23(17-9-3-1-4-10-17)18-11-5-2-6-12-18/h1-14H,15H2. The SMILES string of the molecule is O=[P+]([O-])Cc1cccc(P(c2ccccc2)c2ccccc2)c1. The third-order valence-electron chi connectivity index (χ3n) is 3.51. The summed E-state index contributed by atoms with van der Waals surface area (Å²) in [5, 5.41) is 3.70. The molecule has 114 valence electrons. The Labute approximate surface area is 138 Å². The van der Waals surface area contributed by atoms with Gasteiger partial charge in [0.05, 0.1) is 0 Å². The molecule has 0 amide bonds. The van der Waals surface area contributed by atoms with Crippen LogP contribution in [0.15, 0.2) is 84.9 Å². The Hall–Kier alpha value is -1.85. The Balaban J connectivity index is 2.07. The molecule has 0 radical (unpaired) electrons. The molecule has 23 heavy (non-hydrogen) atoms. The molecular weight excluding hydrogens is 322 g/mol. The molecule has 0 aliphatic carbocycles. The predicted molar refractivity (Wildman–Crippen MR) is 96.5 cm³/mol. The summed E-state index contributed by atoms with van der Waals surface area (Å²) < 4.78 is 11.0. The average molecular weight is 338 g/mol. The van der Waals surface area contributed by atoms with Crippen LogP contribution in [0.2, 0.25) is 0 Å². The minimum Gasteiger partial charge on any atom is -0.595 e. The van der Waals surface area contributed by atoms with E-state index in [9.17, 15) is 9.46 Å². The van der Waals surface area contributed by atoms with Gasteiger partial charge in [-0.25, -0.2) is 0 Å². The molecule has 0 fully saturated rings. The van der Waals surface area contributed by atoms with Gasteiger partial charge in [0.15, 0.2) is 6.16 Å². The lowest BCUT2D eigenvalue weighted by Crippen LogP contribution is -2.20. The van der Waals surface area contributed by atoms with Crippen molar-refractivity contribution >= 4 is 31.9 Å². The quantitative estimate of drug-likeness (QED) is 0.671. The molecule has 1 atom stereocenters. The first-order valence-electron chi connectivity index (χ1n) is 7.35. The van der Waals surface area contributed by atoms with Crippen molar-refractivity contribution in [2.24, 2.45) is 0 Å². The van der Waals surface area contributed by atoms with Crippen molar-refractivity contribution in [3.63, 3.8) is 0 Å². The van der Waals surface area contributed by atoms with Crippen LogP contribution in [0, 0.1) is 0 Å². The van der Waals surface area contributed by atoms with Gasteiger partial charge >= 0.3 is 8.03 Å².